The van der Waals surface area contributed by atoms with Crippen LogP contribution in [0.15, 0.2) is 36.9 Å². The Morgan fingerprint density at radius 2 is 1.90 bits per heavy atom. The van der Waals surface area contributed by atoms with Crippen LogP contribution in [0.3, 0.4) is 0 Å². The van der Waals surface area contributed by atoms with E-state index in [1.54, 1.807) is 6.07 Å². The van der Waals surface area contributed by atoms with Gasteiger partial charge in [0.2, 0.25) is 5.90 Å². The third-order valence-corrected chi connectivity index (χ3v) is 5.38. The van der Waals surface area contributed by atoms with Gasteiger partial charge in [0, 0.05) is 11.6 Å². The molecule has 2 N–H and O–H groups in total. The van der Waals surface area contributed by atoms with Crippen LogP contribution in [-0.2, 0) is 4.74 Å². The summed E-state index contributed by atoms with van der Waals surface area (Å²) in [4.78, 5) is 16.2. The molecule has 1 heterocycles. The molecule has 1 aliphatic rings. The zero-order chi connectivity index (χ0) is 21.7. The van der Waals surface area contributed by atoms with Gasteiger partial charge < -0.3 is 10.1 Å². The number of hydrogen-bond donors (Lipinski definition) is 2. The summed E-state index contributed by atoms with van der Waals surface area (Å²) in [6, 6.07) is 10.0. The molecule has 5 heteroatoms. The van der Waals surface area contributed by atoms with E-state index in [2.05, 4.69) is 16.9 Å². The molecule has 0 radical (unpaired) electrons. The molecule has 0 amide bonds. The van der Waals surface area contributed by atoms with E-state index >= 15 is 0 Å². The quantitative estimate of drug-likeness (QED) is 0.332. The number of nitrogens with one attached hydrogen (secondary N) is 2. The van der Waals surface area contributed by atoms with E-state index in [4.69, 9.17) is 10.1 Å². The van der Waals surface area contributed by atoms with Crippen molar-refractivity contribution in [1.29, 1.82) is 5.41 Å². The van der Waals surface area contributed by atoms with Crippen LogP contribution in [-0.4, -0.2) is 29.3 Å². The molecule has 1 fully saturated rings. The summed E-state index contributed by atoms with van der Waals surface area (Å²) in [6.45, 7) is 9.76. The molecule has 30 heavy (non-hydrogen) atoms. The van der Waals surface area contributed by atoms with E-state index in [1.807, 2.05) is 45.0 Å². The molecule has 1 aromatic heterocycles. The second-order valence-corrected chi connectivity index (χ2v) is 8.27. The number of hydrogen-bond acceptors (Lipinski definition) is 5. The largest absolute Gasteiger partial charge is 0.475 e. The molecule has 1 aromatic carbocycles. The van der Waals surface area contributed by atoms with Crippen molar-refractivity contribution in [1.82, 2.24) is 4.98 Å². The summed E-state index contributed by atoms with van der Waals surface area (Å²) in [7, 11) is 0. The fourth-order valence-corrected chi connectivity index (χ4v) is 3.86. The highest BCUT2D eigenvalue weighted by Crippen LogP contribution is 2.32. The van der Waals surface area contributed by atoms with Gasteiger partial charge in [-0.1, -0.05) is 55.7 Å². The van der Waals surface area contributed by atoms with Gasteiger partial charge in [0.1, 0.15) is 11.5 Å². The number of nitrogens with zero attached hydrogens (tertiary/aromatic N) is 1. The van der Waals surface area contributed by atoms with Crippen LogP contribution in [0, 0.1) is 5.41 Å². The van der Waals surface area contributed by atoms with Gasteiger partial charge in [0.05, 0.1) is 11.7 Å². The Morgan fingerprint density at radius 3 is 2.47 bits per heavy atom. The number of aldehydes is 1. The lowest BCUT2D eigenvalue weighted by molar-refractivity contribution is 0.111. The van der Waals surface area contributed by atoms with E-state index in [0.717, 1.165) is 41.4 Å². The molecular weight excluding hydrogens is 374 g/mol. The topological polar surface area (TPSA) is 75.1 Å². The van der Waals surface area contributed by atoms with Crippen LogP contribution < -0.4 is 5.32 Å². The number of pyridine rings is 1. The van der Waals surface area contributed by atoms with Gasteiger partial charge in [-0.15, -0.1) is 0 Å². The van der Waals surface area contributed by atoms with E-state index in [-0.39, 0.29) is 18.0 Å². The van der Waals surface area contributed by atoms with Crippen molar-refractivity contribution in [2.75, 3.05) is 5.32 Å². The molecule has 1 aliphatic carbocycles. The highest BCUT2D eigenvalue weighted by Gasteiger charge is 2.23. The Labute approximate surface area is 179 Å². The van der Waals surface area contributed by atoms with Gasteiger partial charge in [-0.3, -0.25) is 10.2 Å². The van der Waals surface area contributed by atoms with Gasteiger partial charge in [0.15, 0.2) is 6.29 Å². The summed E-state index contributed by atoms with van der Waals surface area (Å²) in [6.07, 6.45) is 6.35. The Bertz CT molecular complexity index is 926. The number of allylic oxidation sites excluding steroid dienone is 1. The van der Waals surface area contributed by atoms with Crippen LogP contribution >= 0.6 is 0 Å². The van der Waals surface area contributed by atoms with Crippen LogP contribution in [0.2, 0.25) is 0 Å². The minimum atomic E-state index is -0.135. The lowest BCUT2D eigenvalue weighted by atomic mass is 9.94. The van der Waals surface area contributed by atoms with Gasteiger partial charge in [-0.05, 0) is 50.8 Å². The molecule has 0 saturated heterocycles. The smallest absolute Gasteiger partial charge is 0.217 e. The molecule has 0 spiro atoms. The predicted octanol–water partition coefficient (Wildman–Crippen LogP) is 6.09. The Hall–Kier alpha value is -2.95. The molecule has 0 unspecified atom stereocenters. The van der Waals surface area contributed by atoms with Crippen molar-refractivity contribution in [2.24, 2.45) is 0 Å². The molecule has 0 atom stereocenters. The molecule has 158 valence electrons. The number of aromatic nitrogens is 1. The molecule has 2 aromatic rings. The average Bonchev–Trinajstić information content (AvgIpc) is 2.73. The standard InChI is InChI=1S/C25H31N3O2/c1-16(2)18-10-12-19(13-11-18)22-14-21(15-29)28-25(23(22)24(26)30-17(3)4)27-20-8-6-5-7-9-20/h10-15,17,20,26H,1,5-9H2,2-4H3,(H,27,28). The number of ether oxygens (including phenoxy) is 1. The van der Waals surface area contributed by atoms with E-state index in [9.17, 15) is 4.79 Å². The zero-order valence-electron chi connectivity index (χ0n) is 18.1. The first kappa shape index (κ1) is 21.8. The average molecular weight is 406 g/mol. The van der Waals surface area contributed by atoms with Crippen LogP contribution in [0.25, 0.3) is 16.7 Å². The Kier molecular flexibility index (Phi) is 7.03. The van der Waals surface area contributed by atoms with E-state index in [0.29, 0.717) is 17.1 Å². The number of anilines is 1. The molecule has 5 nitrogen and oxygen atoms in total. The zero-order valence-corrected chi connectivity index (χ0v) is 18.1. The third-order valence-electron chi connectivity index (χ3n) is 5.38. The number of benzene rings is 1. The summed E-state index contributed by atoms with van der Waals surface area (Å²) in [5.41, 5.74) is 4.66. The normalized spacial score (nSPS) is 14.4. The van der Waals surface area contributed by atoms with Crippen molar-refractivity contribution >= 4 is 23.6 Å². The molecule has 1 saturated carbocycles. The Morgan fingerprint density at radius 1 is 1.23 bits per heavy atom. The van der Waals surface area contributed by atoms with Crippen LogP contribution in [0.5, 0.6) is 0 Å². The first-order valence-corrected chi connectivity index (χ1v) is 10.7. The fraction of sp³-hybridized carbons (Fsp3) is 0.400. The van der Waals surface area contributed by atoms with Crippen molar-refractivity contribution < 1.29 is 9.53 Å². The second-order valence-electron chi connectivity index (χ2n) is 8.27. The maximum Gasteiger partial charge on any atom is 0.217 e. The number of rotatable bonds is 7. The summed E-state index contributed by atoms with van der Waals surface area (Å²) in [5, 5.41) is 12.2. The van der Waals surface area contributed by atoms with Gasteiger partial charge >= 0.3 is 0 Å². The summed E-state index contributed by atoms with van der Waals surface area (Å²) < 4.78 is 5.76. The van der Waals surface area contributed by atoms with Gasteiger partial charge in [-0.2, -0.15) is 0 Å². The van der Waals surface area contributed by atoms with E-state index < -0.39 is 0 Å². The predicted molar refractivity (Wildman–Crippen MR) is 123 cm³/mol. The van der Waals surface area contributed by atoms with Crippen LogP contribution in [0.1, 0.15) is 74.5 Å². The van der Waals surface area contributed by atoms with Crippen LogP contribution in [0.4, 0.5) is 5.82 Å². The number of carbonyl (C=O) groups is 1. The Balaban J connectivity index is 2.12. The van der Waals surface area contributed by atoms with Gasteiger partial charge in [0.25, 0.3) is 0 Å². The summed E-state index contributed by atoms with van der Waals surface area (Å²) in [5.74, 6) is 0.614. The highest BCUT2D eigenvalue weighted by molar-refractivity contribution is 6.04. The summed E-state index contributed by atoms with van der Waals surface area (Å²) >= 11 is 0. The minimum absolute atomic E-state index is 0.0623. The maximum atomic E-state index is 11.7. The monoisotopic (exact) mass is 405 g/mol. The molecule has 3 rings (SSSR count). The van der Waals surface area contributed by atoms with Crippen molar-refractivity contribution in [3.63, 3.8) is 0 Å². The van der Waals surface area contributed by atoms with Crippen molar-refractivity contribution in [3.8, 4) is 11.1 Å². The second kappa shape index (κ2) is 9.70. The SMILES string of the molecule is C=C(C)c1ccc(-c2cc(C=O)nc(NC3CCCCC3)c2C(=N)OC(C)C)cc1. The first-order chi connectivity index (χ1) is 14.4. The number of carbonyl (C=O) groups excluding carboxylic acids is 1. The third kappa shape index (κ3) is 5.15. The minimum Gasteiger partial charge on any atom is -0.475 e. The lowest BCUT2D eigenvalue weighted by Crippen LogP contribution is -2.25. The lowest BCUT2D eigenvalue weighted by Gasteiger charge is -2.26. The fourth-order valence-electron chi connectivity index (χ4n) is 3.86. The molecule has 0 aliphatic heterocycles. The first-order valence-electron chi connectivity index (χ1n) is 10.7. The maximum absolute atomic E-state index is 11.7. The van der Waals surface area contributed by atoms with Gasteiger partial charge in [-0.25, -0.2) is 4.98 Å². The molecule has 0 bridgehead atoms. The van der Waals surface area contributed by atoms with Crippen molar-refractivity contribution in [3.05, 3.63) is 53.7 Å². The molecular formula is C25H31N3O2. The highest BCUT2D eigenvalue weighted by atomic mass is 16.5. The van der Waals surface area contributed by atoms with Crippen molar-refractivity contribution in [2.45, 2.75) is 65.0 Å². The van der Waals surface area contributed by atoms with E-state index in [1.165, 1.54) is 19.3 Å².